The summed E-state index contributed by atoms with van der Waals surface area (Å²) in [6, 6.07) is 3.88. The number of unbranched alkanes of at least 4 members (excludes halogenated alkanes) is 2. The molecule has 4 heteroatoms. The van der Waals surface area contributed by atoms with E-state index in [1.54, 1.807) is 0 Å². The van der Waals surface area contributed by atoms with Gasteiger partial charge in [-0.2, -0.15) is 0 Å². The third-order valence-corrected chi connectivity index (χ3v) is 3.38. The van der Waals surface area contributed by atoms with Gasteiger partial charge in [0.05, 0.1) is 10.7 Å². The van der Waals surface area contributed by atoms with Gasteiger partial charge in [-0.3, -0.25) is 0 Å². The minimum atomic E-state index is 0.754. The van der Waals surface area contributed by atoms with Gasteiger partial charge in [0.2, 0.25) is 0 Å². The molecule has 0 fully saturated rings. The summed E-state index contributed by atoms with van der Waals surface area (Å²) >= 11 is 6.22. The van der Waals surface area contributed by atoms with E-state index >= 15 is 0 Å². The van der Waals surface area contributed by atoms with E-state index in [0.29, 0.717) is 0 Å². The first-order valence-corrected chi connectivity index (χ1v) is 7.63. The number of pyridine rings is 1. The predicted octanol–water partition coefficient (Wildman–Crippen LogP) is 4.18. The van der Waals surface area contributed by atoms with Crippen molar-refractivity contribution in [2.75, 3.05) is 25.5 Å². The van der Waals surface area contributed by atoms with Crippen LogP contribution in [0.2, 0.25) is 5.02 Å². The summed E-state index contributed by atoms with van der Waals surface area (Å²) in [7, 11) is 2.12. The smallest absolute Gasteiger partial charge is 0.126 e. The topological polar surface area (TPSA) is 28.2 Å². The molecule has 0 amide bonds. The van der Waals surface area contributed by atoms with Crippen LogP contribution in [-0.4, -0.2) is 30.0 Å². The van der Waals surface area contributed by atoms with Gasteiger partial charge < -0.3 is 10.2 Å². The van der Waals surface area contributed by atoms with Crippen LogP contribution in [0.3, 0.4) is 0 Å². The summed E-state index contributed by atoms with van der Waals surface area (Å²) in [6.45, 7) is 7.22. The Hall–Kier alpha value is -0.800. The van der Waals surface area contributed by atoms with E-state index in [1.165, 1.54) is 19.3 Å². The largest absolute Gasteiger partial charge is 0.370 e. The molecule has 0 unspecified atom stereocenters. The molecule has 1 heterocycles. The molecule has 19 heavy (non-hydrogen) atoms. The summed E-state index contributed by atoms with van der Waals surface area (Å²) in [4.78, 5) is 6.88. The van der Waals surface area contributed by atoms with Crippen molar-refractivity contribution < 1.29 is 0 Å². The maximum atomic E-state index is 6.22. The Morgan fingerprint density at radius 2 is 2.00 bits per heavy atom. The molecule has 0 saturated heterocycles. The van der Waals surface area contributed by atoms with Gasteiger partial charge in [-0.05, 0) is 38.6 Å². The zero-order valence-electron chi connectivity index (χ0n) is 12.4. The van der Waals surface area contributed by atoms with Crippen LogP contribution < -0.4 is 5.32 Å². The number of aromatic nitrogens is 1. The lowest BCUT2D eigenvalue weighted by Gasteiger charge is -2.17. The maximum Gasteiger partial charge on any atom is 0.126 e. The molecule has 0 saturated carbocycles. The van der Waals surface area contributed by atoms with E-state index in [0.717, 1.165) is 42.6 Å². The minimum Gasteiger partial charge on any atom is -0.370 e. The average Bonchev–Trinajstić information content (AvgIpc) is 2.40. The van der Waals surface area contributed by atoms with Gasteiger partial charge in [-0.15, -0.1) is 0 Å². The van der Waals surface area contributed by atoms with Crippen molar-refractivity contribution >= 4 is 17.4 Å². The van der Waals surface area contributed by atoms with Crippen molar-refractivity contribution in [2.24, 2.45) is 0 Å². The van der Waals surface area contributed by atoms with Crippen LogP contribution >= 0.6 is 11.6 Å². The fraction of sp³-hybridized carbons (Fsp3) is 0.667. The van der Waals surface area contributed by atoms with E-state index in [2.05, 4.69) is 36.1 Å². The summed E-state index contributed by atoms with van der Waals surface area (Å²) < 4.78 is 0. The summed E-state index contributed by atoms with van der Waals surface area (Å²) in [6.07, 6.45) is 4.86. The molecule has 0 aliphatic heterocycles. The first-order valence-electron chi connectivity index (χ1n) is 7.25. The van der Waals surface area contributed by atoms with Crippen LogP contribution in [0.25, 0.3) is 0 Å². The molecule has 1 N–H and O–H groups in total. The monoisotopic (exact) mass is 283 g/mol. The molecule has 0 aliphatic carbocycles. The Morgan fingerprint density at radius 3 is 2.68 bits per heavy atom. The number of hydrogen-bond acceptors (Lipinski definition) is 3. The van der Waals surface area contributed by atoms with Crippen molar-refractivity contribution in [1.29, 1.82) is 0 Å². The number of nitrogens with zero attached hydrogens (tertiary/aromatic N) is 2. The highest BCUT2D eigenvalue weighted by molar-refractivity contribution is 6.31. The molecule has 0 radical (unpaired) electrons. The first kappa shape index (κ1) is 16.3. The van der Waals surface area contributed by atoms with Crippen molar-refractivity contribution in [3.8, 4) is 0 Å². The van der Waals surface area contributed by atoms with Crippen LogP contribution in [0.4, 0.5) is 5.82 Å². The standard InChI is InChI=1S/C15H26ClN3/c1-4-6-7-11-19(3)12-14-13(16)8-9-15(18-14)17-10-5-2/h8-9H,4-7,10-12H2,1-3H3,(H,17,18). The fourth-order valence-electron chi connectivity index (χ4n) is 1.91. The lowest BCUT2D eigenvalue weighted by molar-refractivity contribution is 0.314. The van der Waals surface area contributed by atoms with Crippen molar-refractivity contribution in [2.45, 2.75) is 46.1 Å². The summed E-state index contributed by atoms with van der Waals surface area (Å²) in [5.41, 5.74) is 0.960. The first-order chi connectivity index (χ1) is 9.17. The highest BCUT2D eigenvalue weighted by atomic mass is 35.5. The predicted molar refractivity (Wildman–Crippen MR) is 83.9 cm³/mol. The van der Waals surface area contributed by atoms with Crippen LogP contribution in [0.5, 0.6) is 0 Å². The van der Waals surface area contributed by atoms with Gasteiger partial charge in [0.25, 0.3) is 0 Å². The number of halogens is 1. The molecule has 0 aromatic carbocycles. The Labute approximate surface area is 122 Å². The second-order valence-corrected chi connectivity index (χ2v) is 5.40. The molecule has 108 valence electrons. The minimum absolute atomic E-state index is 0.754. The van der Waals surface area contributed by atoms with Crippen LogP contribution in [0, 0.1) is 0 Å². The quantitative estimate of drug-likeness (QED) is 0.689. The van der Waals surface area contributed by atoms with Gasteiger partial charge in [0, 0.05) is 13.1 Å². The highest BCUT2D eigenvalue weighted by Gasteiger charge is 2.07. The Kier molecular flexibility index (Phi) is 7.84. The van der Waals surface area contributed by atoms with Gasteiger partial charge >= 0.3 is 0 Å². The summed E-state index contributed by atoms with van der Waals surface area (Å²) in [5, 5.41) is 4.05. The molecule has 1 rings (SSSR count). The van der Waals surface area contributed by atoms with Crippen molar-refractivity contribution in [3.63, 3.8) is 0 Å². The van der Waals surface area contributed by atoms with E-state index in [-0.39, 0.29) is 0 Å². The van der Waals surface area contributed by atoms with E-state index < -0.39 is 0 Å². The SMILES string of the molecule is CCCCCN(C)Cc1nc(NCCC)ccc1Cl. The number of rotatable bonds is 9. The Balaban J connectivity index is 2.55. The molecule has 3 nitrogen and oxygen atoms in total. The highest BCUT2D eigenvalue weighted by Crippen LogP contribution is 2.18. The molecule has 0 atom stereocenters. The van der Waals surface area contributed by atoms with Gasteiger partial charge in [0.15, 0.2) is 0 Å². The van der Waals surface area contributed by atoms with Gasteiger partial charge in [0.1, 0.15) is 5.82 Å². The molecule has 0 bridgehead atoms. The van der Waals surface area contributed by atoms with Gasteiger partial charge in [-0.1, -0.05) is 38.3 Å². The van der Waals surface area contributed by atoms with Crippen LogP contribution in [0.1, 0.15) is 45.2 Å². The second kappa shape index (κ2) is 9.16. The molecular weight excluding hydrogens is 258 g/mol. The van der Waals surface area contributed by atoms with Gasteiger partial charge in [-0.25, -0.2) is 4.98 Å². The third kappa shape index (κ3) is 6.26. The number of nitrogens with one attached hydrogen (secondary N) is 1. The molecule has 1 aromatic heterocycles. The second-order valence-electron chi connectivity index (χ2n) is 5.00. The van der Waals surface area contributed by atoms with Crippen molar-refractivity contribution in [3.05, 3.63) is 22.8 Å². The lowest BCUT2D eigenvalue weighted by Crippen LogP contribution is -2.20. The number of hydrogen-bond donors (Lipinski definition) is 1. The summed E-state index contributed by atoms with van der Waals surface area (Å²) in [5.74, 6) is 0.920. The Bertz CT molecular complexity index is 368. The Morgan fingerprint density at radius 1 is 1.21 bits per heavy atom. The molecular formula is C15H26ClN3. The molecule has 0 aliphatic rings. The zero-order valence-corrected chi connectivity index (χ0v) is 13.1. The van der Waals surface area contributed by atoms with Crippen molar-refractivity contribution in [1.82, 2.24) is 9.88 Å². The van der Waals surface area contributed by atoms with Crippen LogP contribution in [-0.2, 0) is 6.54 Å². The average molecular weight is 284 g/mol. The zero-order chi connectivity index (χ0) is 14.1. The third-order valence-electron chi connectivity index (χ3n) is 3.04. The lowest BCUT2D eigenvalue weighted by atomic mass is 10.2. The van der Waals surface area contributed by atoms with E-state index in [1.807, 2.05) is 12.1 Å². The number of anilines is 1. The van der Waals surface area contributed by atoms with E-state index in [9.17, 15) is 0 Å². The normalized spacial score (nSPS) is 11.0. The molecule has 0 spiro atoms. The maximum absolute atomic E-state index is 6.22. The fourth-order valence-corrected chi connectivity index (χ4v) is 2.08. The van der Waals surface area contributed by atoms with E-state index in [4.69, 9.17) is 11.6 Å². The van der Waals surface area contributed by atoms with Crippen LogP contribution in [0.15, 0.2) is 12.1 Å². The molecule has 1 aromatic rings.